The van der Waals surface area contributed by atoms with Gasteiger partial charge in [0.25, 0.3) is 0 Å². The Morgan fingerprint density at radius 2 is 2.18 bits per heavy atom. The van der Waals surface area contributed by atoms with Crippen LogP contribution in [0.5, 0.6) is 0 Å². The predicted octanol–water partition coefficient (Wildman–Crippen LogP) is -0.103. The molecule has 1 N–H and O–H groups in total. The van der Waals surface area contributed by atoms with Crippen LogP contribution in [0.25, 0.3) is 0 Å². The molecule has 2 heterocycles. The van der Waals surface area contributed by atoms with Crippen LogP contribution in [0.4, 0.5) is 0 Å². The second kappa shape index (κ2) is 4.44. The van der Waals surface area contributed by atoms with Crippen molar-refractivity contribution in [1.29, 1.82) is 0 Å². The van der Waals surface area contributed by atoms with E-state index in [1.807, 2.05) is 13.8 Å². The van der Waals surface area contributed by atoms with Crippen molar-refractivity contribution in [2.75, 3.05) is 13.1 Å². The van der Waals surface area contributed by atoms with Crippen LogP contribution in [-0.2, 0) is 11.3 Å². The zero-order valence-corrected chi connectivity index (χ0v) is 10.2. The molecule has 1 saturated heterocycles. The molecule has 2 atom stereocenters. The van der Waals surface area contributed by atoms with Gasteiger partial charge in [0.05, 0.1) is 18.0 Å². The Balaban J connectivity index is 1.93. The molecule has 0 aliphatic carbocycles. The lowest BCUT2D eigenvalue weighted by atomic mass is 9.84. The lowest BCUT2D eigenvalue weighted by Gasteiger charge is -2.41. The quantitative estimate of drug-likeness (QED) is 0.781. The van der Waals surface area contributed by atoms with Crippen LogP contribution in [0.15, 0.2) is 12.4 Å². The van der Waals surface area contributed by atoms with Crippen LogP contribution in [0.2, 0.25) is 0 Å². The first kappa shape index (κ1) is 12.0. The number of amides is 1. The number of hydrogen-bond donors (Lipinski definition) is 1. The first-order valence-corrected chi connectivity index (χ1v) is 5.83. The van der Waals surface area contributed by atoms with Crippen molar-refractivity contribution in [3.8, 4) is 0 Å². The maximum atomic E-state index is 12.0. The third-order valence-corrected chi connectivity index (χ3v) is 3.54. The number of nitrogens with zero attached hydrogens (tertiary/aromatic N) is 4. The molecule has 6 heteroatoms. The van der Waals surface area contributed by atoms with Gasteiger partial charge in [0.15, 0.2) is 0 Å². The third kappa shape index (κ3) is 2.63. The number of rotatable bonds is 2. The van der Waals surface area contributed by atoms with E-state index in [0.29, 0.717) is 19.5 Å². The summed E-state index contributed by atoms with van der Waals surface area (Å²) in [5.74, 6) is 0.0920. The van der Waals surface area contributed by atoms with Gasteiger partial charge in [-0.15, -0.1) is 0 Å². The van der Waals surface area contributed by atoms with Crippen molar-refractivity contribution in [3.05, 3.63) is 12.4 Å². The molecule has 0 aromatic carbocycles. The van der Waals surface area contributed by atoms with Crippen LogP contribution in [0, 0.1) is 5.92 Å². The van der Waals surface area contributed by atoms with Crippen LogP contribution >= 0.6 is 0 Å². The number of aromatic nitrogens is 3. The SMILES string of the molecule is CC1CN(C(=O)Cn2nccn2)CCC1(C)O. The second-order valence-electron chi connectivity index (χ2n) is 4.91. The Morgan fingerprint density at radius 1 is 1.53 bits per heavy atom. The summed E-state index contributed by atoms with van der Waals surface area (Å²) in [6.07, 6.45) is 3.72. The molecule has 0 saturated carbocycles. The largest absolute Gasteiger partial charge is 0.390 e. The normalized spacial score (nSPS) is 29.4. The summed E-state index contributed by atoms with van der Waals surface area (Å²) in [7, 11) is 0. The first-order valence-electron chi connectivity index (χ1n) is 5.83. The van der Waals surface area contributed by atoms with Gasteiger partial charge in [0, 0.05) is 19.0 Å². The summed E-state index contributed by atoms with van der Waals surface area (Å²) >= 11 is 0. The van der Waals surface area contributed by atoms with E-state index in [2.05, 4.69) is 10.2 Å². The van der Waals surface area contributed by atoms with Crippen molar-refractivity contribution in [1.82, 2.24) is 19.9 Å². The fourth-order valence-electron chi connectivity index (χ4n) is 2.00. The molecule has 1 fully saturated rings. The second-order valence-corrected chi connectivity index (χ2v) is 4.91. The molecule has 6 nitrogen and oxygen atoms in total. The minimum absolute atomic E-state index is 0.00329. The minimum Gasteiger partial charge on any atom is -0.390 e. The van der Waals surface area contributed by atoms with Gasteiger partial charge in [0.2, 0.25) is 5.91 Å². The molecule has 1 aromatic rings. The number of carbonyl (C=O) groups is 1. The Hall–Kier alpha value is -1.43. The molecule has 0 bridgehead atoms. The Kier molecular flexibility index (Phi) is 3.15. The number of hydrogen-bond acceptors (Lipinski definition) is 4. The maximum absolute atomic E-state index is 12.0. The predicted molar refractivity (Wildman–Crippen MR) is 61.0 cm³/mol. The molecule has 17 heavy (non-hydrogen) atoms. The molecule has 94 valence electrons. The number of piperidine rings is 1. The summed E-state index contributed by atoms with van der Waals surface area (Å²) in [5.41, 5.74) is -0.666. The van der Waals surface area contributed by atoms with E-state index in [1.54, 1.807) is 17.3 Å². The van der Waals surface area contributed by atoms with Crippen molar-refractivity contribution in [2.45, 2.75) is 32.4 Å². The highest BCUT2D eigenvalue weighted by molar-refractivity contribution is 5.75. The van der Waals surface area contributed by atoms with Gasteiger partial charge in [-0.05, 0) is 13.3 Å². The van der Waals surface area contributed by atoms with Crippen molar-refractivity contribution in [2.24, 2.45) is 5.92 Å². The molecule has 1 aliphatic heterocycles. The first-order chi connectivity index (χ1) is 7.99. The third-order valence-electron chi connectivity index (χ3n) is 3.54. The molecule has 1 aromatic heterocycles. The van der Waals surface area contributed by atoms with Crippen LogP contribution in [0.1, 0.15) is 20.3 Å². The maximum Gasteiger partial charge on any atom is 0.246 e. The molecule has 1 aliphatic rings. The zero-order chi connectivity index (χ0) is 12.5. The lowest BCUT2D eigenvalue weighted by Crippen LogP contribution is -2.51. The van der Waals surface area contributed by atoms with Crippen molar-refractivity contribution >= 4 is 5.91 Å². The van der Waals surface area contributed by atoms with Crippen molar-refractivity contribution in [3.63, 3.8) is 0 Å². The average Bonchev–Trinajstić information content (AvgIpc) is 2.74. The van der Waals surface area contributed by atoms with Gasteiger partial charge in [-0.2, -0.15) is 15.0 Å². The number of aliphatic hydroxyl groups is 1. The molecular weight excluding hydrogens is 220 g/mol. The van der Waals surface area contributed by atoms with E-state index < -0.39 is 5.60 Å². The van der Waals surface area contributed by atoms with Crippen LogP contribution in [-0.4, -0.2) is 49.6 Å². The monoisotopic (exact) mass is 238 g/mol. The molecule has 0 radical (unpaired) electrons. The summed E-state index contributed by atoms with van der Waals surface area (Å²) in [5, 5.41) is 17.8. The Morgan fingerprint density at radius 3 is 2.76 bits per heavy atom. The standard InChI is InChI=1S/C11H18N4O2/c1-9-7-14(6-3-11(9,2)17)10(16)8-15-12-4-5-13-15/h4-5,9,17H,3,6-8H2,1-2H3. The smallest absolute Gasteiger partial charge is 0.246 e. The number of carbonyl (C=O) groups excluding carboxylic acids is 1. The van der Waals surface area contributed by atoms with Gasteiger partial charge in [-0.3, -0.25) is 4.79 Å². The molecule has 2 rings (SSSR count). The van der Waals surface area contributed by atoms with Gasteiger partial charge < -0.3 is 10.0 Å². The zero-order valence-electron chi connectivity index (χ0n) is 10.2. The van der Waals surface area contributed by atoms with Gasteiger partial charge in [-0.25, -0.2) is 0 Å². The fourth-order valence-corrected chi connectivity index (χ4v) is 2.00. The number of likely N-dealkylation sites (tertiary alicyclic amines) is 1. The van der Waals surface area contributed by atoms with Gasteiger partial charge >= 0.3 is 0 Å². The highest BCUT2D eigenvalue weighted by Gasteiger charge is 2.36. The molecule has 1 amide bonds. The molecular formula is C11H18N4O2. The average molecular weight is 238 g/mol. The summed E-state index contributed by atoms with van der Waals surface area (Å²) < 4.78 is 0. The van der Waals surface area contributed by atoms with Crippen molar-refractivity contribution < 1.29 is 9.90 Å². The lowest BCUT2D eigenvalue weighted by molar-refractivity contribution is -0.139. The summed E-state index contributed by atoms with van der Waals surface area (Å²) in [6, 6.07) is 0. The Labute approximate surface area is 100 Å². The van der Waals surface area contributed by atoms with E-state index in [1.165, 1.54) is 4.80 Å². The van der Waals surface area contributed by atoms with E-state index in [-0.39, 0.29) is 18.4 Å². The fraction of sp³-hybridized carbons (Fsp3) is 0.727. The van der Waals surface area contributed by atoms with E-state index in [4.69, 9.17) is 0 Å². The van der Waals surface area contributed by atoms with Crippen LogP contribution < -0.4 is 0 Å². The van der Waals surface area contributed by atoms with E-state index in [0.717, 1.165) is 0 Å². The van der Waals surface area contributed by atoms with Crippen LogP contribution in [0.3, 0.4) is 0 Å². The summed E-state index contributed by atoms with van der Waals surface area (Å²) in [6.45, 7) is 5.15. The highest BCUT2D eigenvalue weighted by Crippen LogP contribution is 2.27. The van der Waals surface area contributed by atoms with Gasteiger partial charge in [-0.1, -0.05) is 6.92 Å². The highest BCUT2D eigenvalue weighted by atomic mass is 16.3. The topological polar surface area (TPSA) is 71.2 Å². The minimum atomic E-state index is -0.666. The van der Waals surface area contributed by atoms with E-state index in [9.17, 15) is 9.90 Å². The summed E-state index contributed by atoms with van der Waals surface area (Å²) in [4.78, 5) is 15.1. The van der Waals surface area contributed by atoms with Gasteiger partial charge in [0.1, 0.15) is 6.54 Å². The Bertz CT molecular complexity index is 388. The molecule has 0 spiro atoms. The van der Waals surface area contributed by atoms with E-state index >= 15 is 0 Å². The molecule has 2 unspecified atom stereocenters.